The van der Waals surface area contributed by atoms with Crippen LogP contribution >= 0.6 is 0 Å². The first-order valence-electron chi connectivity index (χ1n) is 9.13. The van der Waals surface area contributed by atoms with Crippen LogP contribution in [0.3, 0.4) is 0 Å². The summed E-state index contributed by atoms with van der Waals surface area (Å²) in [5, 5.41) is 0. The van der Waals surface area contributed by atoms with Gasteiger partial charge in [-0.3, -0.25) is 4.79 Å². The van der Waals surface area contributed by atoms with Crippen molar-refractivity contribution in [1.29, 1.82) is 0 Å². The quantitative estimate of drug-likeness (QED) is 0.792. The van der Waals surface area contributed by atoms with E-state index in [1.54, 1.807) is 0 Å². The van der Waals surface area contributed by atoms with Gasteiger partial charge < -0.3 is 10.5 Å². The molecule has 3 rings (SSSR count). The van der Waals surface area contributed by atoms with Crippen molar-refractivity contribution in [3.63, 3.8) is 0 Å². The number of carbonyl (C=O) groups excluding carboxylic acids is 1. The van der Waals surface area contributed by atoms with E-state index in [2.05, 4.69) is 0 Å². The van der Waals surface area contributed by atoms with Crippen molar-refractivity contribution in [1.82, 2.24) is 0 Å². The first-order valence-corrected chi connectivity index (χ1v) is 9.13. The zero-order valence-electron chi connectivity index (χ0n) is 13.3. The topological polar surface area (TPSA) is 52.3 Å². The zero-order chi connectivity index (χ0) is 14.7. The Balaban J connectivity index is 1.65. The van der Waals surface area contributed by atoms with Gasteiger partial charge >= 0.3 is 0 Å². The van der Waals surface area contributed by atoms with Gasteiger partial charge in [0.1, 0.15) is 5.78 Å². The third-order valence-corrected chi connectivity index (χ3v) is 6.09. The fraction of sp³-hybridized carbons (Fsp3) is 0.944. The van der Waals surface area contributed by atoms with E-state index in [1.165, 1.54) is 38.5 Å². The maximum Gasteiger partial charge on any atom is 0.140 e. The summed E-state index contributed by atoms with van der Waals surface area (Å²) in [5.74, 6) is 0.805. The zero-order valence-corrected chi connectivity index (χ0v) is 13.3. The highest BCUT2D eigenvalue weighted by molar-refractivity contribution is 5.84. The van der Waals surface area contributed by atoms with Crippen LogP contribution in [0.2, 0.25) is 0 Å². The molecule has 3 fully saturated rings. The van der Waals surface area contributed by atoms with Crippen LogP contribution < -0.4 is 5.73 Å². The summed E-state index contributed by atoms with van der Waals surface area (Å²) < 4.78 is 6.14. The van der Waals surface area contributed by atoms with Crippen molar-refractivity contribution in [2.75, 3.05) is 6.61 Å². The Bertz CT molecular complexity index is 357. The minimum atomic E-state index is 0.0334. The van der Waals surface area contributed by atoms with Gasteiger partial charge in [0, 0.05) is 24.5 Å². The average molecular weight is 293 g/mol. The summed E-state index contributed by atoms with van der Waals surface area (Å²) in [4.78, 5) is 13.0. The maximum atomic E-state index is 13.0. The molecule has 2 N–H and O–H groups in total. The number of nitrogens with two attached hydrogens (primary N) is 1. The summed E-state index contributed by atoms with van der Waals surface area (Å²) in [5.41, 5.74) is 6.34. The Morgan fingerprint density at radius 3 is 2.48 bits per heavy atom. The van der Waals surface area contributed by atoms with E-state index in [4.69, 9.17) is 10.5 Å². The number of ether oxygens (including phenoxy) is 1. The van der Waals surface area contributed by atoms with Crippen LogP contribution in [-0.2, 0) is 9.53 Å². The number of Topliss-reactive ketones (excluding diaryl/α,β-unsaturated/α-hetero) is 1. The van der Waals surface area contributed by atoms with Gasteiger partial charge in [0.2, 0.25) is 0 Å². The molecule has 0 bridgehead atoms. The summed E-state index contributed by atoms with van der Waals surface area (Å²) in [7, 11) is 0. The summed E-state index contributed by atoms with van der Waals surface area (Å²) in [6.45, 7) is 0.776. The molecular formula is C18H31NO2. The van der Waals surface area contributed by atoms with E-state index in [-0.39, 0.29) is 23.5 Å². The fourth-order valence-electron chi connectivity index (χ4n) is 4.81. The second kappa shape index (κ2) is 6.78. The van der Waals surface area contributed by atoms with Gasteiger partial charge in [0.15, 0.2) is 0 Å². The molecule has 2 saturated carbocycles. The van der Waals surface area contributed by atoms with E-state index in [1.807, 2.05) is 0 Å². The van der Waals surface area contributed by atoms with Crippen LogP contribution in [-0.4, -0.2) is 24.0 Å². The number of rotatable bonds is 2. The van der Waals surface area contributed by atoms with Gasteiger partial charge in [-0.15, -0.1) is 0 Å². The molecule has 2 aliphatic carbocycles. The molecule has 21 heavy (non-hydrogen) atoms. The number of ketones is 1. The van der Waals surface area contributed by atoms with Gasteiger partial charge in [-0.2, -0.15) is 0 Å². The van der Waals surface area contributed by atoms with Crippen LogP contribution in [0.25, 0.3) is 0 Å². The van der Waals surface area contributed by atoms with Crippen LogP contribution in [0.1, 0.15) is 77.0 Å². The summed E-state index contributed by atoms with van der Waals surface area (Å²) >= 11 is 0. The molecule has 3 heteroatoms. The molecule has 0 amide bonds. The van der Waals surface area contributed by atoms with Gasteiger partial charge in [-0.1, -0.05) is 38.5 Å². The molecule has 0 aromatic heterocycles. The number of hydrogen-bond acceptors (Lipinski definition) is 3. The van der Waals surface area contributed by atoms with Crippen molar-refractivity contribution in [2.24, 2.45) is 17.6 Å². The molecule has 120 valence electrons. The lowest BCUT2D eigenvalue weighted by molar-refractivity contribution is -0.146. The Kier molecular flexibility index (Phi) is 5.00. The lowest BCUT2D eigenvalue weighted by Crippen LogP contribution is -2.46. The molecule has 1 aliphatic heterocycles. The first-order chi connectivity index (χ1) is 10.2. The van der Waals surface area contributed by atoms with Crippen LogP contribution in [0.5, 0.6) is 0 Å². The molecule has 3 atom stereocenters. The normalized spacial score (nSPS) is 37.1. The first kappa shape index (κ1) is 15.5. The average Bonchev–Trinajstić information content (AvgIpc) is 2.72. The molecule has 3 unspecified atom stereocenters. The largest absolute Gasteiger partial charge is 0.375 e. The Labute approximate surface area is 129 Å². The Morgan fingerprint density at radius 1 is 0.952 bits per heavy atom. The molecule has 0 aromatic rings. The maximum absolute atomic E-state index is 13.0. The van der Waals surface area contributed by atoms with Gasteiger partial charge in [-0.25, -0.2) is 0 Å². The molecule has 3 nitrogen and oxygen atoms in total. The van der Waals surface area contributed by atoms with Gasteiger partial charge in [-0.05, 0) is 38.5 Å². The monoisotopic (exact) mass is 293 g/mol. The van der Waals surface area contributed by atoms with Gasteiger partial charge in [0.25, 0.3) is 0 Å². The predicted molar refractivity (Wildman–Crippen MR) is 84.0 cm³/mol. The molecular weight excluding hydrogens is 262 g/mol. The van der Waals surface area contributed by atoms with Crippen LogP contribution in [0.4, 0.5) is 0 Å². The molecule has 1 saturated heterocycles. The van der Waals surface area contributed by atoms with Crippen molar-refractivity contribution >= 4 is 5.78 Å². The predicted octanol–water partition coefficient (Wildman–Crippen LogP) is 3.59. The lowest BCUT2D eigenvalue weighted by Gasteiger charge is -2.44. The van der Waals surface area contributed by atoms with E-state index >= 15 is 0 Å². The van der Waals surface area contributed by atoms with E-state index in [0.717, 1.165) is 45.1 Å². The Morgan fingerprint density at radius 2 is 1.67 bits per heavy atom. The highest BCUT2D eigenvalue weighted by Crippen LogP contribution is 2.42. The highest BCUT2D eigenvalue weighted by atomic mass is 16.5. The van der Waals surface area contributed by atoms with Crippen LogP contribution in [0, 0.1) is 11.8 Å². The second-order valence-corrected chi connectivity index (χ2v) is 7.59. The third kappa shape index (κ3) is 3.50. The van der Waals surface area contributed by atoms with Gasteiger partial charge in [0.05, 0.1) is 5.60 Å². The molecule has 1 spiro atoms. The smallest absolute Gasteiger partial charge is 0.140 e. The number of hydrogen-bond donors (Lipinski definition) is 1. The highest BCUT2D eigenvalue weighted by Gasteiger charge is 2.42. The summed E-state index contributed by atoms with van der Waals surface area (Å²) in [6, 6.07) is 0.102. The van der Waals surface area contributed by atoms with E-state index < -0.39 is 0 Å². The molecule has 0 aromatic carbocycles. The molecule has 1 heterocycles. The minimum absolute atomic E-state index is 0.0334. The standard InChI is InChI=1S/C18H31NO2/c19-16-8-4-1-3-7-15(16)17(20)14-9-12-21-18(13-14)10-5-2-6-11-18/h14-16H,1-13,19H2. The summed E-state index contributed by atoms with van der Waals surface area (Å²) in [6.07, 6.45) is 13.7. The number of carbonyl (C=O) groups is 1. The molecule has 3 aliphatic rings. The van der Waals surface area contributed by atoms with Crippen molar-refractivity contribution in [3.8, 4) is 0 Å². The van der Waals surface area contributed by atoms with E-state index in [9.17, 15) is 4.79 Å². The third-order valence-electron chi connectivity index (χ3n) is 6.09. The van der Waals surface area contributed by atoms with Crippen molar-refractivity contribution in [2.45, 2.75) is 88.7 Å². The Hall–Kier alpha value is -0.410. The SMILES string of the molecule is NC1CCCCCC1C(=O)C1CCOC2(CCCCC2)C1. The van der Waals surface area contributed by atoms with Crippen molar-refractivity contribution < 1.29 is 9.53 Å². The van der Waals surface area contributed by atoms with E-state index in [0.29, 0.717) is 5.78 Å². The lowest BCUT2D eigenvalue weighted by atomic mass is 9.72. The minimum Gasteiger partial charge on any atom is -0.375 e. The molecule has 0 radical (unpaired) electrons. The van der Waals surface area contributed by atoms with Crippen LogP contribution in [0.15, 0.2) is 0 Å². The second-order valence-electron chi connectivity index (χ2n) is 7.59. The van der Waals surface area contributed by atoms with Crippen molar-refractivity contribution in [3.05, 3.63) is 0 Å². The fourth-order valence-corrected chi connectivity index (χ4v) is 4.81.